The fraction of sp³-hybridized carbons (Fsp3) is 1.00. The maximum atomic E-state index is 3.50. The highest BCUT2D eigenvalue weighted by molar-refractivity contribution is 4.72. The van der Waals surface area contributed by atoms with E-state index in [9.17, 15) is 0 Å². The minimum absolute atomic E-state index is 0.964. The van der Waals surface area contributed by atoms with Gasteiger partial charge in [-0.25, -0.2) is 0 Å². The number of rotatable bonds is 3. The first-order valence-electron chi connectivity index (χ1n) is 6.38. The topological polar surface area (TPSA) is 15.3 Å². The first-order valence-corrected chi connectivity index (χ1v) is 6.38. The predicted octanol–water partition coefficient (Wildman–Crippen LogP) is 1.86. The lowest BCUT2D eigenvalue weighted by molar-refractivity contribution is 0.204. The highest BCUT2D eigenvalue weighted by Gasteiger charge is 2.15. The largest absolute Gasteiger partial charge is 0.316 e. The molecule has 2 aliphatic rings. The molecule has 82 valence electrons. The Morgan fingerprint density at radius 1 is 1.07 bits per heavy atom. The van der Waals surface area contributed by atoms with Crippen molar-refractivity contribution in [2.45, 2.75) is 38.5 Å². The summed E-state index contributed by atoms with van der Waals surface area (Å²) >= 11 is 0. The zero-order valence-electron chi connectivity index (χ0n) is 9.30. The Balaban J connectivity index is 1.60. The van der Waals surface area contributed by atoms with Crippen LogP contribution in [0.3, 0.4) is 0 Å². The molecule has 2 nitrogen and oxygen atoms in total. The van der Waals surface area contributed by atoms with Gasteiger partial charge in [0.1, 0.15) is 0 Å². The van der Waals surface area contributed by atoms with Gasteiger partial charge in [-0.3, -0.25) is 0 Å². The average Bonchev–Trinajstić information content (AvgIpc) is 2.29. The summed E-state index contributed by atoms with van der Waals surface area (Å²) in [6.45, 7) is 6.60. The molecule has 2 rings (SSSR count). The molecule has 0 radical (unpaired) electrons. The van der Waals surface area contributed by atoms with Crippen LogP contribution in [0.4, 0.5) is 0 Å². The highest BCUT2D eigenvalue weighted by atomic mass is 15.1. The lowest BCUT2D eigenvalue weighted by Crippen LogP contribution is -2.35. The zero-order chi connectivity index (χ0) is 9.64. The predicted molar refractivity (Wildman–Crippen MR) is 60.5 cm³/mol. The average molecular weight is 196 g/mol. The minimum atomic E-state index is 0.964. The Bertz CT molecular complexity index is 128. The van der Waals surface area contributed by atoms with E-state index < -0.39 is 0 Å². The molecule has 0 unspecified atom stereocenters. The Labute approximate surface area is 88.1 Å². The maximum absolute atomic E-state index is 3.50. The SMILES string of the molecule is C1CCN(CC[C@H]2CCCNC2)CC1. The van der Waals surface area contributed by atoms with Crippen LogP contribution in [-0.4, -0.2) is 37.6 Å². The van der Waals surface area contributed by atoms with Crippen LogP contribution in [-0.2, 0) is 0 Å². The summed E-state index contributed by atoms with van der Waals surface area (Å²) in [6.07, 6.45) is 8.60. The van der Waals surface area contributed by atoms with Crippen molar-refractivity contribution in [3.8, 4) is 0 Å². The first kappa shape index (κ1) is 10.4. The summed E-state index contributed by atoms with van der Waals surface area (Å²) in [6, 6.07) is 0. The second-order valence-corrected chi connectivity index (χ2v) is 4.90. The van der Waals surface area contributed by atoms with Crippen molar-refractivity contribution in [2.75, 3.05) is 32.7 Å². The number of hydrogen-bond donors (Lipinski definition) is 1. The van der Waals surface area contributed by atoms with Gasteiger partial charge in [-0.05, 0) is 70.7 Å². The van der Waals surface area contributed by atoms with Crippen LogP contribution in [0.1, 0.15) is 38.5 Å². The molecule has 0 aliphatic carbocycles. The van der Waals surface area contributed by atoms with Crippen LogP contribution in [0.25, 0.3) is 0 Å². The van der Waals surface area contributed by atoms with Gasteiger partial charge in [0.15, 0.2) is 0 Å². The van der Waals surface area contributed by atoms with Crippen molar-refractivity contribution in [3.05, 3.63) is 0 Å². The van der Waals surface area contributed by atoms with E-state index in [1.807, 2.05) is 0 Å². The first-order chi connectivity index (χ1) is 6.95. The fourth-order valence-corrected chi connectivity index (χ4v) is 2.72. The molecule has 0 aromatic heterocycles. The second kappa shape index (κ2) is 5.72. The van der Waals surface area contributed by atoms with Gasteiger partial charge in [-0.15, -0.1) is 0 Å². The number of likely N-dealkylation sites (tertiary alicyclic amines) is 1. The summed E-state index contributed by atoms with van der Waals surface area (Å²) in [4.78, 5) is 2.66. The number of hydrogen-bond acceptors (Lipinski definition) is 2. The maximum Gasteiger partial charge on any atom is -0.00156 e. The van der Waals surface area contributed by atoms with Crippen molar-refractivity contribution in [1.29, 1.82) is 0 Å². The Morgan fingerprint density at radius 2 is 1.93 bits per heavy atom. The van der Waals surface area contributed by atoms with E-state index in [2.05, 4.69) is 10.2 Å². The number of nitrogens with one attached hydrogen (secondary N) is 1. The minimum Gasteiger partial charge on any atom is -0.316 e. The van der Waals surface area contributed by atoms with Gasteiger partial charge in [-0.2, -0.15) is 0 Å². The van der Waals surface area contributed by atoms with Crippen molar-refractivity contribution in [2.24, 2.45) is 5.92 Å². The van der Waals surface area contributed by atoms with Gasteiger partial charge >= 0.3 is 0 Å². The molecule has 14 heavy (non-hydrogen) atoms. The Kier molecular flexibility index (Phi) is 4.26. The van der Waals surface area contributed by atoms with Crippen molar-refractivity contribution < 1.29 is 0 Å². The zero-order valence-corrected chi connectivity index (χ0v) is 9.30. The molecule has 1 N–H and O–H groups in total. The molecule has 2 fully saturated rings. The van der Waals surface area contributed by atoms with Gasteiger partial charge in [0, 0.05) is 0 Å². The third kappa shape index (κ3) is 3.25. The molecule has 2 aliphatic heterocycles. The lowest BCUT2D eigenvalue weighted by atomic mass is 9.95. The van der Waals surface area contributed by atoms with E-state index in [1.165, 1.54) is 71.2 Å². The van der Waals surface area contributed by atoms with E-state index in [0.29, 0.717) is 0 Å². The van der Waals surface area contributed by atoms with Gasteiger partial charge in [0.2, 0.25) is 0 Å². The molecule has 2 heteroatoms. The second-order valence-electron chi connectivity index (χ2n) is 4.90. The van der Waals surface area contributed by atoms with Gasteiger partial charge in [0.05, 0.1) is 0 Å². The molecule has 0 spiro atoms. The van der Waals surface area contributed by atoms with Crippen LogP contribution in [0.15, 0.2) is 0 Å². The van der Waals surface area contributed by atoms with Gasteiger partial charge in [0.25, 0.3) is 0 Å². The molecule has 0 aromatic rings. The smallest absolute Gasteiger partial charge is 0.00156 e. The fourth-order valence-electron chi connectivity index (χ4n) is 2.72. The summed E-state index contributed by atoms with van der Waals surface area (Å²) in [5.41, 5.74) is 0. The monoisotopic (exact) mass is 196 g/mol. The summed E-state index contributed by atoms with van der Waals surface area (Å²) in [5, 5.41) is 3.50. The van der Waals surface area contributed by atoms with Crippen molar-refractivity contribution in [1.82, 2.24) is 10.2 Å². The molecule has 0 bridgehead atoms. The molecule has 2 saturated heterocycles. The molecule has 0 amide bonds. The van der Waals surface area contributed by atoms with Crippen LogP contribution >= 0.6 is 0 Å². The van der Waals surface area contributed by atoms with E-state index in [1.54, 1.807) is 0 Å². The molecular weight excluding hydrogens is 172 g/mol. The van der Waals surface area contributed by atoms with Crippen LogP contribution < -0.4 is 5.32 Å². The van der Waals surface area contributed by atoms with E-state index in [-0.39, 0.29) is 0 Å². The Morgan fingerprint density at radius 3 is 2.64 bits per heavy atom. The van der Waals surface area contributed by atoms with Gasteiger partial charge in [-0.1, -0.05) is 6.42 Å². The number of nitrogens with zero attached hydrogens (tertiary/aromatic N) is 1. The molecular formula is C12H24N2. The van der Waals surface area contributed by atoms with Gasteiger partial charge < -0.3 is 10.2 Å². The summed E-state index contributed by atoms with van der Waals surface area (Å²) in [5.74, 6) is 0.964. The van der Waals surface area contributed by atoms with E-state index in [0.717, 1.165) is 5.92 Å². The van der Waals surface area contributed by atoms with Crippen molar-refractivity contribution in [3.63, 3.8) is 0 Å². The highest BCUT2D eigenvalue weighted by Crippen LogP contribution is 2.16. The summed E-state index contributed by atoms with van der Waals surface area (Å²) in [7, 11) is 0. The summed E-state index contributed by atoms with van der Waals surface area (Å²) < 4.78 is 0. The lowest BCUT2D eigenvalue weighted by Gasteiger charge is -2.29. The Hall–Kier alpha value is -0.0800. The van der Waals surface area contributed by atoms with Crippen LogP contribution in [0, 0.1) is 5.92 Å². The molecule has 0 saturated carbocycles. The normalized spacial score (nSPS) is 30.4. The molecule has 2 heterocycles. The molecule has 0 aromatic carbocycles. The van der Waals surface area contributed by atoms with Crippen LogP contribution in [0.5, 0.6) is 0 Å². The number of piperidine rings is 2. The van der Waals surface area contributed by atoms with E-state index >= 15 is 0 Å². The van der Waals surface area contributed by atoms with Crippen molar-refractivity contribution >= 4 is 0 Å². The third-order valence-electron chi connectivity index (χ3n) is 3.70. The quantitative estimate of drug-likeness (QED) is 0.741. The molecule has 1 atom stereocenters. The van der Waals surface area contributed by atoms with E-state index in [4.69, 9.17) is 0 Å². The van der Waals surface area contributed by atoms with Crippen LogP contribution in [0.2, 0.25) is 0 Å². The standard InChI is InChI=1S/C12H24N2/c1-2-8-14(9-3-1)10-6-12-5-4-7-13-11-12/h12-13H,1-11H2/t12-/m1/s1. The third-order valence-corrected chi connectivity index (χ3v) is 3.70.